The van der Waals surface area contributed by atoms with Crippen molar-refractivity contribution in [1.82, 2.24) is 19.9 Å². The van der Waals surface area contributed by atoms with Crippen LogP contribution in [0.5, 0.6) is 5.75 Å². The van der Waals surface area contributed by atoms with Gasteiger partial charge in [0.05, 0.1) is 17.6 Å². The zero-order valence-electron chi connectivity index (χ0n) is 25.1. The Bertz CT molecular complexity index is 1710. The number of nitrogens with zero attached hydrogens (tertiary/aromatic N) is 4. The summed E-state index contributed by atoms with van der Waals surface area (Å²) in [6.45, 7) is 4.60. The maximum Gasteiger partial charge on any atom is 0.433 e. The van der Waals surface area contributed by atoms with Gasteiger partial charge in [-0.1, -0.05) is 48.5 Å². The van der Waals surface area contributed by atoms with Crippen molar-refractivity contribution in [2.24, 2.45) is 5.92 Å². The molecule has 45 heavy (non-hydrogen) atoms. The molecule has 2 N–H and O–H groups in total. The molecular weight excluding hydrogens is 577 g/mol. The second-order valence-electron chi connectivity index (χ2n) is 11.5. The molecule has 1 aliphatic heterocycles. The van der Waals surface area contributed by atoms with E-state index >= 15 is 0 Å². The van der Waals surface area contributed by atoms with Crippen molar-refractivity contribution in [2.75, 3.05) is 50.0 Å². The van der Waals surface area contributed by atoms with E-state index in [4.69, 9.17) is 4.74 Å². The molecule has 0 atom stereocenters. The molecule has 3 aromatic carbocycles. The molecule has 0 unspecified atom stereocenters. The average molecular weight is 615 g/mol. The molecule has 0 amide bonds. The number of ether oxygens (including phenoxy) is 1. The summed E-state index contributed by atoms with van der Waals surface area (Å²) in [5.41, 5.74) is 2.09. The molecule has 1 saturated heterocycles. The van der Waals surface area contributed by atoms with Crippen LogP contribution < -0.4 is 15.4 Å². The maximum absolute atomic E-state index is 13.4. The number of piperidine rings is 1. The van der Waals surface area contributed by atoms with Crippen LogP contribution >= 0.6 is 0 Å². The Morgan fingerprint density at radius 2 is 1.62 bits per heavy atom. The topological polar surface area (TPSA) is 75.2 Å². The van der Waals surface area contributed by atoms with Crippen LogP contribution in [0, 0.1) is 5.92 Å². The van der Waals surface area contributed by atoms with E-state index in [0.717, 1.165) is 80.4 Å². The fourth-order valence-electron chi connectivity index (χ4n) is 5.82. The van der Waals surface area contributed by atoms with Crippen molar-refractivity contribution >= 4 is 33.3 Å². The molecule has 234 valence electrons. The number of pyridine rings is 1. The Labute approximate surface area is 260 Å². The number of benzene rings is 3. The largest absolute Gasteiger partial charge is 0.493 e. The van der Waals surface area contributed by atoms with Crippen LogP contribution in [0.15, 0.2) is 85.2 Å². The van der Waals surface area contributed by atoms with Gasteiger partial charge in [0.1, 0.15) is 23.6 Å². The highest BCUT2D eigenvalue weighted by molar-refractivity contribution is 5.91. The monoisotopic (exact) mass is 614 g/mol. The van der Waals surface area contributed by atoms with Crippen LogP contribution in [0.1, 0.15) is 30.5 Å². The Morgan fingerprint density at radius 1 is 0.822 bits per heavy atom. The Balaban J connectivity index is 0.948. The highest BCUT2D eigenvalue weighted by Crippen LogP contribution is 2.33. The lowest BCUT2D eigenvalue weighted by Crippen LogP contribution is -2.38. The zero-order chi connectivity index (χ0) is 31.1. The van der Waals surface area contributed by atoms with E-state index in [1.807, 2.05) is 30.3 Å². The first-order valence-corrected chi connectivity index (χ1v) is 15.5. The quantitative estimate of drug-likeness (QED) is 0.142. The van der Waals surface area contributed by atoms with Gasteiger partial charge in [-0.2, -0.15) is 13.2 Å². The normalized spacial score (nSPS) is 14.6. The summed E-state index contributed by atoms with van der Waals surface area (Å²) in [5.74, 6) is 2.07. The van der Waals surface area contributed by atoms with Crippen molar-refractivity contribution in [3.05, 3.63) is 96.4 Å². The number of anilines is 2. The van der Waals surface area contributed by atoms with Gasteiger partial charge in [0.2, 0.25) is 0 Å². The lowest BCUT2D eigenvalue weighted by atomic mass is 9.98. The lowest BCUT2D eigenvalue weighted by molar-refractivity contribution is -0.140. The first-order valence-electron chi connectivity index (χ1n) is 15.5. The van der Waals surface area contributed by atoms with Gasteiger partial charge in [-0.05, 0) is 74.5 Å². The van der Waals surface area contributed by atoms with Crippen molar-refractivity contribution in [1.29, 1.82) is 0 Å². The standard InChI is InChI=1S/C35H37F3N6O/c36-35(37,38)33-22-32(28-10-4-5-11-30(28)43-33)39-17-20-44-18-14-26(15-19-44)23-45-27-12-13-29-31(21-27)41-24-42-34(29)40-16-6-9-25-7-2-1-3-8-25/h1-5,7-8,10-13,21-22,24,26H,6,9,14-20,23H2,(H,39,43)(H,40,41,42). The number of hydrogen-bond acceptors (Lipinski definition) is 7. The first-order chi connectivity index (χ1) is 21.9. The van der Waals surface area contributed by atoms with Crippen LogP contribution in [0.4, 0.5) is 24.7 Å². The molecule has 5 aromatic rings. The summed E-state index contributed by atoms with van der Waals surface area (Å²) in [7, 11) is 0. The summed E-state index contributed by atoms with van der Waals surface area (Å²) in [6, 6.07) is 24.5. The predicted octanol–water partition coefficient (Wildman–Crippen LogP) is 7.44. The second kappa shape index (κ2) is 14.1. The SMILES string of the molecule is FC(F)(F)c1cc(NCCN2CCC(COc3ccc4c(NCCCc5ccccc5)ncnc4c3)CC2)c2ccccc2n1. The smallest absolute Gasteiger partial charge is 0.433 e. The predicted molar refractivity (Wildman–Crippen MR) is 173 cm³/mol. The number of halogens is 3. The summed E-state index contributed by atoms with van der Waals surface area (Å²) in [5, 5.41) is 8.34. The van der Waals surface area contributed by atoms with Gasteiger partial charge in [-0.25, -0.2) is 15.0 Å². The molecular formula is C35H37F3N6O. The van der Waals surface area contributed by atoms with Gasteiger partial charge < -0.3 is 20.3 Å². The number of aryl methyl sites for hydroxylation is 1. The van der Waals surface area contributed by atoms with Crippen LogP contribution in [-0.4, -0.2) is 59.2 Å². The zero-order valence-corrected chi connectivity index (χ0v) is 25.1. The number of para-hydroxylation sites is 1. The number of fused-ring (bicyclic) bond motifs is 2. The molecule has 0 saturated carbocycles. The van der Waals surface area contributed by atoms with E-state index in [1.54, 1.807) is 24.5 Å². The van der Waals surface area contributed by atoms with Gasteiger partial charge >= 0.3 is 6.18 Å². The van der Waals surface area contributed by atoms with Gasteiger partial charge in [-0.3, -0.25) is 0 Å². The van der Waals surface area contributed by atoms with E-state index < -0.39 is 11.9 Å². The third-order valence-corrected chi connectivity index (χ3v) is 8.33. The van der Waals surface area contributed by atoms with Crippen LogP contribution in [-0.2, 0) is 12.6 Å². The van der Waals surface area contributed by atoms with E-state index in [1.165, 1.54) is 5.56 Å². The highest BCUT2D eigenvalue weighted by Gasteiger charge is 2.33. The minimum absolute atomic E-state index is 0.334. The molecule has 0 spiro atoms. The van der Waals surface area contributed by atoms with Gasteiger partial charge in [0, 0.05) is 42.2 Å². The second-order valence-corrected chi connectivity index (χ2v) is 11.5. The molecule has 0 bridgehead atoms. The van der Waals surface area contributed by atoms with E-state index in [-0.39, 0.29) is 0 Å². The average Bonchev–Trinajstić information content (AvgIpc) is 3.06. The Kier molecular flexibility index (Phi) is 9.59. The lowest BCUT2D eigenvalue weighted by Gasteiger charge is -2.32. The van der Waals surface area contributed by atoms with Crippen molar-refractivity contribution in [3.63, 3.8) is 0 Å². The number of rotatable bonds is 12. The molecule has 3 heterocycles. The number of hydrogen-bond donors (Lipinski definition) is 2. The number of alkyl halides is 3. The molecule has 6 rings (SSSR count). The Morgan fingerprint density at radius 3 is 2.44 bits per heavy atom. The first kappa shape index (κ1) is 30.6. The third-order valence-electron chi connectivity index (χ3n) is 8.33. The highest BCUT2D eigenvalue weighted by atomic mass is 19.4. The van der Waals surface area contributed by atoms with Gasteiger partial charge in [-0.15, -0.1) is 0 Å². The molecule has 10 heteroatoms. The van der Waals surface area contributed by atoms with Crippen LogP contribution in [0.25, 0.3) is 21.8 Å². The summed E-state index contributed by atoms with van der Waals surface area (Å²) < 4.78 is 46.3. The van der Waals surface area contributed by atoms with Crippen LogP contribution in [0.3, 0.4) is 0 Å². The minimum Gasteiger partial charge on any atom is -0.493 e. The van der Waals surface area contributed by atoms with Crippen molar-refractivity contribution in [2.45, 2.75) is 31.9 Å². The molecule has 1 fully saturated rings. The third kappa shape index (κ3) is 7.99. The van der Waals surface area contributed by atoms with E-state index in [2.05, 4.69) is 54.8 Å². The molecule has 0 radical (unpaired) electrons. The fourth-order valence-corrected chi connectivity index (χ4v) is 5.82. The van der Waals surface area contributed by atoms with Crippen molar-refractivity contribution < 1.29 is 17.9 Å². The molecule has 2 aromatic heterocycles. The van der Waals surface area contributed by atoms with Gasteiger partial charge in [0.25, 0.3) is 0 Å². The Hall–Kier alpha value is -4.44. The summed E-state index contributed by atoms with van der Waals surface area (Å²) in [4.78, 5) is 15.1. The van der Waals surface area contributed by atoms with Crippen LogP contribution in [0.2, 0.25) is 0 Å². The number of nitrogens with one attached hydrogen (secondary N) is 2. The maximum atomic E-state index is 13.4. The summed E-state index contributed by atoms with van der Waals surface area (Å²) >= 11 is 0. The summed E-state index contributed by atoms with van der Waals surface area (Å²) in [6.07, 6.45) is 1.12. The number of likely N-dealkylation sites (tertiary alicyclic amines) is 1. The minimum atomic E-state index is -4.49. The fraction of sp³-hybridized carbons (Fsp3) is 0.343. The van der Waals surface area contributed by atoms with Gasteiger partial charge in [0.15, 0.2) is 0 Å². The number of aromatic nitrogens is 3. The van der Waals surface area contributed by atoms with E-state index in [0.29, 0.717) is 35.7 Å². The molecule has 0 aliphatic carbocycles. The molecule has 1 aliphatic rings. The van der Waals surface area contributed by atoms with Crippen molar-refractivity contribution in [3.8, 4) is 5.75 Å². The molecule has 7 nitrogen and oxygen atoms in total. The van der Waals surface area contributed by atoms with E-state index in [9.17, 15) is 13.2 Å².